The van der Waals surface area contributed by atoms with Gasteiger partial charge in [-0.25, -0.2) is 0 Å². The van der Waals surface area contributed by atoms with E-state index < -0.39 is 24.0 Å². The minimum absolute atomic E-state index is 0.0739. The van der Waals surface area contributed by atoms with Crippen LogP contribution in [0, 0.1) is 17.8 Å². The maximum Gasteiger partial charge on any atom is 0.321 e. The van der Waals surface area contributed by atoms with Gasteiger partial charge >= 0.3 is 11.9 Å². The van der Waals surface area contributed by atoms with Crippen molar-refractivity contribution < 1.29 is 19.8 Å². The van der Waals surface area contributed by atoms with Crippen molar-refractivity contribution in [3.05, 3.63) is 5.82 Å². The van der Waals surface area contributed by atoms with Crippen LogP contribution in [0.15, 0.2) is 0 Å². The SMILES string of the molecule is CCCCCc1nnn([C@H]2C[C@@H](C(=O)O)N(CC3CC[C@H]4CNC(C(=O)O)CC4C3)C2)n1. The second kappa shape index (κ2) is 10.2. The highest BCUT2D eigenvalue weighted by molar-refractivity contribution is 5.74. The summed E-state index contributed by atoms with van der Waals surface area (Å²) in [6.07, 6.45) is 8.42. The number of carboxylic acids is 2. The van der Waals surface area contributed by atoms with Gasteiger partial charge in [0.25, 0.3) is 0 Å². The molecule has 178 valence electrons. The number of carbonyl (C=O) groups is 2. The predicted molar refractivity (Wildman–Crippen MR) is 116 cm³/mol. The van der Waals surface area contributed by atoms with Gasteiger partial charge in [0, 0.05) is 19.5 Å². The highest BCUT2D eigenvalue weighted by Gasteiger charge is 2.42. The smallest absolute Gasteiger partial charge is 0.321 e. The Morgan fingerprint density at radius 3 is 2.69 bits per heavy atom. The number of fused-ring (bicyclic) bond motifs is 1. The van der Waals surface area contributed by atoms with Crippen molar-refractivity contribution in [2.24, 2.45) is 17.8 Å². The summed E-state index contributed by atoms with van der Waals surface area (Å²) in [5.41, 5.74) is 0. The normalized spacial score (nSPS) is 33.2. The first-order chi connectivity index (χ1) is 15.4. The molecule has 0 amide bonds. The zero-order chi connectivity index (χ0) is 22.7. The summed E-state index contributed by atoms with van der Waals surface area (Å²) >= 11 is 0. The maximum atomic E-state index is 12.0. The molecule has 6 atom stereocenters. The van der Waals surface area contributed by atoms with Crippen LogP contribution < -0.4 is 5.32 Å². The first-order valence-electron chi connectivity index (χ1n) is 12.2. The molecule has 1 aromatic rings. The number of aliphatic carboxylic acids is 2. The van der Waals surface area contributed by atoms with Crippen LogP contribution in [0.4, 0.5) is 0 Å². The number of hydrogen-bond acceptors (Lipinski definition) is 7. The molecular formula is C22H36N6O4. The summed E-state index contributed by atoms with van der Waals surface area (Å²) in [6, 6.07) is -1.06. The average molecular weight is 449 g/mol. The summed E-state index contributed by atoms with van der Waals surface area (Å²) in [5, 5.41) is 35.3. The number of carboxylic acid groups (broad SMARTS) is 2. The van der Waals surface area contributed by atoms with Crippen molar-refractivity contribution in [2.75, 3.05) is 19.6 Å². The lowest BCUT2D eigenvalue weighted by atomic mass is 9.69. The number of aryl methyl sites for hydroxylation is 1. The second-order valence-electron chi connectivity index (χ2n) is 9.91. The summed E-state index contributed by atoms with van der Waals surface area (Å²) < 4.78 is 0. The Labute approximate surface area is 188 Å². The fourth-order valence-electron chi connectivity index (χ4n) is 5.90. The topological polar surface area (TPSA) is 133 Å². The van der Waals surface area contributed by atoms with E-state index in [4.69, 9.17) is 0 Å². The number of rotatable bonds is 9. The van der Waals surface area contributed by atoms with E-state index >= 15 is 0 Å². The Bertz CT molecular complexity index is 801. The number of aromatic nitrogens is 4. The molecular weight excluding hydrogens is 412 g/mol. The first kappa shape index (κ1) is 23.1. The van der Waals surface area contributed by atoms with Crippen LogP contribution in [0.1, 0.15) is 70.2 Å². The molecule has 3 heterocycles. The summed E-state index contributed by atoms with van der Waals surface area (Å²) in [4.78, 5) is 27.1. The Balaban J connectivity index is 1.35. The highest BCUT2D eigenvalue weighted by atomic mass is 16.4. The molecule has 10 heteroatoms. The van der Waals surface area contributed by atoms with E-state index in [-0.39, 0.29) is 6.04 Å². The van der Waals surface area contributed by atoms with Crippen LogP contribution >= 0.6 is 0 Å². The van der Waals surface area contributed by atoms with Crippen LogP contribution in [-0.4, -0.2) is 79.0 Å². The zero-order valence-corrected chi connectivity index (χ0v) is 18.9. The molecule has 0 spiro atoms. The lowest BCUT2D eigenvalue weighted by molar-refractivity contribution is -0.143. The Morgan fingerprint density at radius 2 is 1.94 bits per heavy atom. The number of nitrogens with one attached hydrogen (secondary N) is 1. The van der Waals surface area contributed by atoms with Gasteiger partial charge in [0.2, 0.25) is 0 Å². The molecule has 2 aliphatic heterocycles. The molecule has 3 N–H and O–H groups in total. The Morgan fingerprint density at radius 1 is 1.09 bits per heavy atom. The maximum absolute atomic E-state index is 12.0. The van der Waals surface area contributed by atoms with Gasteiger partial charge < -0.3 is 15.5 Å². The monoisotopic (exact) mass is 448 g/mol. The van der Waals surface area contributed by atoms with E-state index in [0.29, 0.717) is 37.1 Å². The van der Waals surface area contributed by atoms with Gasteiger partial charge in [-0.2, -0.15) is 4.80 Å². The van der Waals surface area contributed by atoms with Crippen LogP contribution in [0.3, 0.4) is 0 Å². The number of piperidine rings is 1. The number of hydrogen-bond donors (Lipinski definition) is 3. The number of nitrogens with zero attached hydrogens (tertiary/aromatic N) is 5. The first-order valence-corrected chi connectivity index (χ1v) is 12.2. The standard InChI is InChI=1S/C22H36N6O4/c1-2-3-4-5-20-24-26-28(25-20)17-10-19(22(31)32)27(13-17)12-14-6-7-15-11-23-18(21(29)30)9-16(15)8-14/h14-19,23H,2-13H2,1H3,(H,29,30)(H,31,32)/t14?,15-,16?,17-,18?,19-/m0/s1. The number of unbranched alkanes of at least 4 members (excludes halogenated alkanes) is 2. The van der Waals surface area contributed by atoms with E-state index in [2.05, 4.69) is 32.6 Å². The second-order valence-corrected chi connectivity index (χ2v) is 9.91. The third kappa shape index (κ3) is 5.28. The lowest BCUT2D eigenvalue weighted by Gasteiger charge is -2.42. The Kier molecular flexibility index (Phi) is 7.40. The minimum Gasteiger partial charge on any atom is -0.480 e. The molecule has 3 unspecified atom stereocenters. The van der Waals surface area contributed by atoms with E-state index in [1.807, 2.05) is 0 Å². The van der Waals surface area contributed by atoms with Gasteiger partial charge in [0.15, 0.2) is 5.82 Å². The van der Waals surface area contributed by atoms with E-state index in [1.54, 1.807) is 4.80 Å². The lowest BCUT2D eigenvalue weighted by Crippen LogP contribution is -2.50. The van der Waals surface area contributed by atoms with Crippen molar-refractivity contribution in [1.29, 1.82) is 0 Å². The fourth-order valence-corrected chi connectivity index (χ4v) is 5.90. The molecule has 4 rings (SSSR count). The molecule has 1 aliphatic carbocycles. The van der Waals surface area contributed by atoms with Crippen molar-refractivity contribution >= 4 is 11.9 Å². The molecule has 1 aromatic heterocycles. The minimum atomic E-state index is -0.794. The molecule has 0 radical (unpaired) electrons. The van der Waals surface area contributed by atoms with Crippen molar-refractivity contribution in [3.63, 3.8) is 0 Å². The average Bonchev–Trinajstić information content (AvgIpc) is 3.40. The molecule has 1 saturated carbocycles. The van der Waals surface area contributed by atoms with Gasteiger partial charge in [0.05, 0.1) is 6.04 Å². The van der Waals surface area contributed by atoms with Gasteiger partial charge in [-0.05, 0) is 68.0 Å². The molecule has 2 saturated heterocycles. The largest absolute Gasteiger partial charge is 0.480 e. The molecule has 3 fully saturated rings. The third-order valence-corrected chi connectivity index (χ3v) is 7.67. The van der Waals surface area contributed by atoms with Gasteiger partial charge in [0.1, 0.15) is 12.1 Å². The van der Waals surface area contributed by atoms with Crippen LogP contribution in [0.5, 0.6) is 0 Å². The molecule has 0 aromatic carbocycles. The quantitative estimate of drug-likeness (QED) is 0.481. The highest BCUT2D eigenvalue weighted by Crippen LogP contribution is 2.40. The fraction of sp³-hybridized carbons (Fsp3) is 0.864. The van der Waals surface area contributed by atoms with E-state index in [1.165, 1.54) is 0 Å². The van der Waals surface area contributed by atoms with Gasteiger partial charge in [-0.15, -0.1) is 10.2 Å². The summed E-state index contributed by atoms with van der Waals surface area (Å²) in [6.45, 7) is 4.29. The predicted octanol–water partition coefficient (Wildman–Crippen LogP) is 1.58. The van der Waals surface area contributed by atoms with Crippen molar-refractivity contribution in [2.45, 2.75) is 82.8 Å². The van der Waals surface area contributed by atoms with Crippen LogP contribution in [-0.2, 0) is 16.0 Å². The van der Waals surface area contributed by atoms with E-state index in [0.717, 1.165) is 63.9 Å². The molecule has 32 heavy (non-hydrogen) atoms. The van der Waals surface area contributed by atoms with Gasteiger partial charge in [-0.1, -0.05) is 19.8 Å². The van der Waals surface area contributed by atoms with Gasteiger partial charge in [-0.3, -0.25) is 14.5 Å². The Hall–Kier alpha value is -2.07. The number of tetrazole rings is 1. The van der Waals surface area contributed by atoms with Crippen LogP contribution in [0.2, 0.25) is 0 Å². The number of likely N-dealkylation sites (tertiary alicyclic amines) is 1. The third-order valence-electron chi connectivity index (χ3n) is 7.67. The summed E-state index contributed by atoms with van der Waals surface area (Å²) in [7, 11) is 0. The van der Waals surface area contributed by atoms with Crippen molar-refractivity contribution in [3.8, 4) is 0 Å². The summed E-state index contributed by atoms with van der Waals surface area (Å²) in [5.74, 6) is 0.513. The molecule has 10 nitrogen and oxygen atoms in total. The van der Waals surface area contributed by atoms with E-state index in [9.17, 15) is 19.8 Å². The van der Waals surface area contributed by atoms with Crippen LogP contribution in [0.25, 0.3) is 0 Å². The molecule has 0 bridgehead atoms. The van der Waals surface area contributed by atoms with Crippen molar-refractivity contribution in [1.82, 2.24) is 30.4 Å². The zero-order valence-electron chi connectivity index (χ0n) is 18.9. The molecule has 3 aliphatic rings.